The van der Waals surface area contributed by atoms with E-state index in [9.17, 15) is 18.0 Å². The second-order valence-corrected chi connectivity index (χ2v) is 7.07. The molecule has 0 spiro atoms. The molecule has 11 heteroatoms. The van der Waals surface area contributed by atoms with Gasteiger partial charge in [-0.3, -0.25) is 9.48 Å². The Balaban J connectivity index is 0.00000261. The fourth-order valence-electron chi connectivity index (χ4n) is 2.87. The van der Waals surface area contributed by atoms with Gasteiger partial charge in [0.1, 0.15) is 10.7 Å². The van der Waals surface area contributed by atoms with Gasteiger partial charge in [-0.2, -0.15) is 18.3 Å². The van der Waals surface area contributed by atoms with E-state index in [1.54, 1.807) is 23.9 Å². The summed E-state index contributed by atoms with van der Waals surface area (Å²) in [6.45, 7) is 3.57. The SMILES string of the molecule is CCC(NC(=O)c1ccn(C2CCCNC2)n1)c1nc(C(F)(F)F)cs1.Cl. The lowest BCUT2D eigenvalue weighted by Crippen LogP contribution is -2.32. The summed E-state index contributed by atoms with van der Waals surface area (Å²) < 4.78 is 39.9. The quantitative estimate of drug-likeness (QED) is 0.771. The molecule has 0 saturated carbocycles. The number of hydrogen-bond donors (Lipinski definition) is 2. The second kappa shape index (κ2) is 9.03. The molecule has 2 aromatic rings. The molecule has 6 nitrogen and oxygen atoms in total. The molecule has 1 aliphatic rings. The van der Waals surface area contributed by atoms with Gasteiger partial charge in [0.05, 0.1) is 12.1 Å². The Morgan fingerprint density at radius 1 is 1.52 bits per heavy atom. The summed E-state index contributed by atoms with van der Waals surface area (Å²) in [5.74, 6) is -0.414. The van der Waals surface area contributed by atoms with Crippen molar-refractivity contribution in [1.29, 1.82) is 0 Å². The summed E-state index contributed by atoms with van der Waals surface area (Å²) in [6.07, 6.45) is -0.242. The Labute approximate surface area is 165 Å². The molecule has 3 heterocycles. The van der Waals surface area contributed by atoms with E-state index in [-0.39, 0.29) is 29.2 Å². The van der Waals surface area contributed by atoms with Gasteiger partial charge in [-0.05, 0) is 31.9 Å². The van der Waals surface area contributed by atoms with Crippen LogP contribution in [0.25, 0.3) is 0 Å². The summed E-state index contributed by atoms with van der Waals surface area (Å²) in [4.78, 5) is 16.1. The van der Waals surface area contributed by atoms with Gasteiger partial charge in [0.15, 0.2) is 5.69 Å². The van der Waals surface area contributed by atoms with Crippen LogP contribution in [0.2, 0.25) is 0 Å². The summed E-state index contributed by atoms with van der Waals surface area (Å²) in [6, 6.07) is 1.25. The van der Waals surface area contributed by atoms with Crippen molar-refractivity contribution in [1.82, 2.24) is 25.4 Å². The normalized spacial score (nSPS) is 18.6. The number of carbonyl (C=O) groups excluding carboxylic acids is 1. The third kappa shape index (κ3) is 5.20. The molecule has 3 rings (SSSR count). The number of hydrogen-bond acceptors (Lipinski definition) is 5. The first-order valence-electron chi connectivity index (χ1n) is 8.48. The third-order valence-corrected chi connectivity index (χ3v) is 5.27. The largest absolute Gasteiger partial charge is 0.434 e. The average molecular weight is 424 g/mol. The standard InChI is InChI=1S/C16H20F3N5OS.ClH/c1-2-11(15-22-13(9-26-15)16(17,18)19)21-14(25)12-5-7-24(23-12)10-4-3-6-20-8-10;/h5,7,9-11,20H,2-4,6,8H2,1H3,(H,21,25);1H. The van der Waals surface area contributed by atoms with Crippen molar-refractivity contribution in [2.45, 2.75) is 44.4 Å². The minimum absolute atomic E-state index is 0. The Bertz CT molecular complexity index is 757. The van der Waals surface area contributed by atoms with Crippen molar-refractivity contribution in [3.05, 3.63) is 34.0 Å². The number of carbonyl (C=O) groups is 1. The smallest absolute Gasteiger partial charge is 0.341 e. The van der Waals surface area contributed by atoms with Gasteiger partial charge in [-0.25, -0.2) is 4.98 Å². The van der Waals surface area contributed by atoms with E-state index in [1.165, 1.54) is 0 Å². The van der Waals surface area contributed by atoms with Crippen LogP contribution >= 0.6 is 23.7 Å². The monoisotopic (exact) mass is 423 g/mol. The van der Waals surface area contributed by atoms with E-state index in [2.05, 4.69) is 20.7 Å². The molecule has 1 saturated heterocycles. The van der Waals surface area contributed by atoms with Crippen molar-refractivity contribution >= 4 is 29.7 Å². The van der Waals surface area contributed by atoms with Crippen molar-refractivity contribution in [3.63, 3.8) is 0 Å². The van der Waals surface area contributed by atoms with E-state index >= 15 is 0 Å². The summed E-state index contributed by atoms with van der Waals surface area (Å²) >= 11 is 0.894. The number of nitrogens with one attached hydrogen (secondary N) is 2. The molecule has 27 heavy (non-hydrogen) atoms. The number of thiazole rings is 1. The van der Waals surface area contributed by atoms with Crippen LogP contribution in [0.15, 0.2) is 17.6 Å². The lowest BCUT2D eigenvalue weighted by atomic mass is 10.1. The van der Waals surface area contributed by atoms with Crippen LogP contribution in [-0.4, -0.2) is 33.8 Å². The topological polar surface area (TPSA) is 71.8 Å². The number of rotatable bonds is 5. The third-order valence-electron chi connectivity index (χ3n) is 4.31. The highest BCUT2D eigenvalue weighted by Gasteiger charge is 2.34. The summed E-state index contributed by atoms with van der Waals surface area (Å²) in [5.41, 5.74) is -0.680. The number of nitrogens with zero attached hydrogens (tertiary/aromatic N) is 3. The first kappa shape index (κ1) is 21.6. The average Bonchev–Trinajstić information content (AvgIpc) is 3.29. The molecule has 150 valence electrons. The zero-order valence-electron chi connectivity index (χ0n) is 14.6. The number of aromatic nitrogens is 3. The highest BCUT2D eigenvalue weighted by atomic mass is 35.5. The van der Waals surface area contributed by atoms with Crippen LogP contribution < -0.4 is 10.6 Å². The molecule has 2 atom stereocenters. The fourth-order valence-corrected chi connectivity index (χ4v) is 3.83. The molecule has 2 N–H and O–H groups in total. The molecule has 1 fully saturated rings. The van der Waals surface area contributed by atoms with Crippen LogP contribution in [-0.2, 0) is 6.18 Å². The molecule has 0 bridgehead atoms. The Morgan fingerprint density at radius 2 is 2.30 bits per heavy atom. The van der Waals surface area contributed by atoms with E-state index in [0.29, 0.717) is 6.42 Å². The molecule has 0 aliphatic carbocycles. The van der Waals surface area contributed by atoms with Gasteiger partial charge < -0.3 is 10.6 Å². The van der Waals surface area contributed by atoms with Crippen molar-refractivity contribution in [2.24, 2.45) is 0 Å². The van der Waals surface area contributed by atoms with Crippen LogP contribution in [0.3, 0.4) is 0 Å². The molecular weight excluding hydrogens is 403 g/mol. The molecule has 0 aromatic carbocycles. The van der Waals surface area contributed by atoms with Crippen molar-refractivity contribution in [3.8, 4) is 0 Å². The second-order valence-electron chi connectivity index (χ2n) is 6.18. The van der Waals surface area contributed by atoms with Crippen LogP contribution in [0.4, 0.5) is 13.2 Å². The minimum atomic E-state index is -4.48. The predicted molar refractivity (Wildman–Crippen MR) is 98.2 cm³/mol. The Kier molecular flexibility index (Phi) is 7.24. The first-order valence-corrected chi connectivity index (χ1v) is 9.35. The maximum Gasteiger partial charge on any atom is 0.434 e. The lowest BCUT2D eigenvalue weighted by molar-refractivity contribution is -0.140. The molecule has 1 aliphatic heterocycles. The van der Waals surface area contributed by atoms with Gasteiger partial charge in [-0.15, -0.1) is 23.7 Å². The van der Waals surface area contributed by atoms with Crippen LogP contribution in [0, 0.1) is 0 Å². The number of piperidine rings is 1. The van der Waals surface area contributed by atoms with Gasteiger partial charge in [0.2, 0.25) is 0 Å². The van der Waals surface area contributed by atoms with E-state index in [0.717, 1.165) is 42.6 Å². The Morgan fingerprint density at radius 3 is 2.89 bits per heavy atom. The molecule has 0 radical (unpaired) electrons. The van der Waals surface area contributed by atoms with Crippen LogP contribution in [0.5, 0.6) is 0 Å². The van der Waals surface area contributed by atoms with Gasteiger partial charge >= 0.3 is 6.18 Å². The highest BCUT2D eigenvalue weighted by Crippen LogP contribution is 2.32. The zero-order valence-corrected chi connectivity index (χ0v) is 16.3. The van der Waals surface area contributed by atoms with E-state index in [1.807, 2.05) is 0 Å². The van der Waals surface area contributed by atoms with E-state index in [4.69, 9.17) is 0 Å². The van der Waals surface area contributed by atoms with Gasteiger partial charge in [0.25, 0.3) is 5.91 Å². The van der Waals surface area contributed by atoms with E-state index < -0.39 is 23.8 Å². The number of alkyl halides is 3. The van der Waals surface area contributed by atoms with Gasteiger partial charge in [0, 0.05) is 18.1 Å². The maximum atomic E-state index is 12.7. The molecular formula is C16H21ClF3N5OS. The number of amides is 1. The number of halogens is 4. The molecule has 1 amide bonds. The van der Waals surface area contributed by atoms with Crippen molar-refractivity contribution < 1.29 is 18.0 Å². The van der Waals surface area contributed by atoms with Crippen LogP contribution in [0.1, 0.15) is 59.5 Å². The fraction of sp³-hybridized carbons (Fsp3) is 0.562. The molecule has 2 unspecified atom stereocenters. The zero-order chi connectivity index (χ0) is 18.7. The van der Waals surface area contributed by atoms with Gasteiger partial charge in [-0.1, -0.05) is 6.92 Å². The minimum Gasteiger partial charge on any atom is -0.341 e. The summed E-state index contributed by atoms with van der Waals surface area (Å²) in [7, 11) is 0. The Hall–Kier alpha value is -1.65. The highest BCUT2D eigenvalue weighted by molar-refractivity contribution is 7.09. The summed E-state index contributed by atoms with van der Waals surface area (Å²) in [5, 5.41) is 11.6. The molecule has 2 aromatic heterocycles. The predicted octanol–water partition coefficient (Wildman–Crippen LogP) is 3.59. The first-order chi connectivity index (χ1) is 12.4. The lowest BCUT2D eigenvalue weighted by Gasteiger charge is -2.22. The van der Waals surface area contributed by atoms with Crippen molar-refractivity contribution in [2.75, 3.05) is 13.1 Å². The maximum absolute atomic E-state index is 12.7.